The van der Waals surface area contributed by atoms with E-state index in [1.807, 2.05) is 6.92 Å². The highest BCUT2D eigenvalue weighted by molar-refractivity contribution is 5.92. The van der Waals surface area contributed by atoms with Crippen LogP contribution in [0.15, 0.2) is 18.3 Å². The van der Waals surface area contributed by atoms with E-state index in [0.717, 1.165) is 29.0 Å². The first-order valence-electron chi connectivity index (χ1n) is 10.8. The first kappa shape index (κ1) is 16.8. The highest BCUT2D eigenvalue weighted by Gasteiger charge is 2.20. The molecule has 0 aliphatic rings. The fraction of sp³-hybridized carbons (Fsp3) is 0.478. The van der Waals surface area contributed by atoms with E-state index < -0.39 is 12.8 Å². The molecule has 0 radical (unpaired) electrons. The number of hydrogen-bond acceptors (Lipinski definition) is 3. The first-order valence-corrected chi connectivity index (χ1v) is 9.68. The fourth-order valence-electron chi connectivity index (χ4n) is 3.94. The molecule has 3 aromatic rings. The summed E-state index contributed by atoms with van der Waals surface area (Å²) in [6.45, 7) is 15.5. The van der Waals surface area contributed by atoms with Crippen molar-refractivity contribution in [1.82, 2.24) is 14.5 Å². The molecule has 0 N–H and O–H groups in total. The molecule has 3 rings (SSSR count). The molecule has 0 saturated carbocycles. The van der Waals surface area contributed by atoms with Crippen molar-refractivity contribution in [3.63, 3.8) is 0 Å². The number of benzene rings is 1. The van der Waals surface area contributed by atoms with Crippen molar-refractivity contribution in [2.24, 2.45) is 0 Å². The van der Waals surface area contributed by atoms with Crippen LogP contribution in [0.25, 0.3) is 16.7 Å². The SMILES string of the molecule is [2H]C(C)C([2H])CN(CC)c1nc(C)nc2c1c(C)cn2-c1c(C)cc(C)cc1C. The van der Waals surface area contributed by atoms with Gasteiger partial charge in [-0.15, -0.1) is 0 Å². The predicted octanol–water partition coefficient (Wildman–Crippen LogP) is 5.59. The number of rotatable bonds is 6. The highest BCUT2D eigenvalue weighted by Crippen LogP contribution is 2.33. The Kier molecular flexibility index (Phi) is 4.79. The lowest BCUT2D eigenvalue weighted by atomic mass is 10.1. The third-order valence-corrected chi connectivity index (χ3v) is 5.05. The molecule has 2 atom stereocenters. The number of nitrogens with zero attached hydrogens (tertiary/aromatic N) is 4. The summed E-state index contributed by atoms with van der Waals surface area (Å²) in [5.74, 6) is 1.58. The molecule has 0 amide bonds. The minimum atomic E-state index is -0.482. The topological polar surface area (TPSA) is 34.0 Å². The second kappa shape index (κ2) is 7.71. The molecule has 2 aromatic heterocycles. The van der Waals surface area contributed by atoms with Crippen molar-refractivity contribution in [3.05, 3.63) is 46.4 Å². The Hall–Kier alpha value is -2.36. The van der Waals surface area contributed by atoms with Gasteiger partial charge in [0, 0.05) is 22.0 Å². The minimum absolute atomic E-state index is 0.439. The van der Waals surface area contributed by atoms with Crippen LogP contribution in [-0.2, 0) is 0 Å². The van der Waals surface area contributed by atoms with Gasteiger partial charge >= 0.3 is 0 Å². The van der Waals surface area contributed by atoms with E-state index in [0.29, 0.717) is 12.4 Å². The molecular formula is C23H32N4. The van der Waals surface area contributed by atoms with E-state index in [1.54, 1.807) is 6.92 Å². The summed E-state index contributed by atoms with van der Waals surface area (Å²) in [4.78, 5) is 11.7. The van der Waals surface area contributed by atoms with E-state index in [9.17, 15) is 0 Å². The van der Waals surface area contributed by atoms with Crippen molar-refractivity contribution in [3.8, 4) is 5.69 Å². The average Bonchev–Trinajstić information content (AvgIpc) is 2.94. The maximum atomic E-state index is 8.26. The van der Waals surface area contributed by atoms with E-state index >= 15 is 0 Å². The molecule has 0 aliphatic carbocycles. The normalized spacial score (nSPS) is 14.8. The van der Waals surface area contributed by atoms with E-state index in [1.165, 1.54) is 22.4 Å². The smallest absolute Gasteiger partial charge is 0.150 e. The quantitative estimate of drug-likeness (QED) is 0.570. The summed E-state index contributed by atoms with van der Waals surface area (Å²) in [6, 6.07) is 4.41. The molecule has 0 fully saturated rings. The third-order valence-electron chi connectivity index (χ3n) is 5.05. The van der Waals surface area contributed by atoms with Gasteiger partial charge in [0.1, 0.15) is 11.6 Å². The molecule has 2 unspecified atom stereocenters. The Morgan fingerprint density at radius 3 is 2.26 bits per heavy atom. The van der Waals surface area contributed by atoms with Gasteiger partial charge in [-0.3, -0.25) is 0 Å². The van der Waals surface area contributed by atoms with Crippen LogP contribution < -0.4 is 4.90 Å². The number of fused-ring (bicyclic) bond motifs is 1. The fourth-order valence-corrected chi connectivity index (χ4v) is 3.94. The van der Waals surface area contributed by atoms with Crippen LogP contribution >= 0.6 is 0 Å². The van der Waals surface area contributed by atoms with E-state index in [2.05, 4.69) is 62.4 Å². The van der Waals surface area contributed by atoms with E-state index in [4.69, 9.17) is 12.7 Å². The Morgan fingerprint density at radius 1 is 1.00 bits per heavy atom. The lowest BCUT2D eigenvalue weighted by molar-refractivity contribution is 0.724. The predicted molar refractivity (Wildman–Crippen MR) is 115 cm³/mol. The molecule has 27 heavy (non-hydrogen) atoms. The van der Waals surface area contributed by atoms with Crippen LogP contribution in [0.2, 0.25) is 0 Å². The summed E-state index contributed by atoms with van der Waals surface area (Å²) in [5, 5.41) is 1.03. The molecule has 0 bridgehead atoms. The molecule has 4 heteroatoms. The van der Waals surface area contributed by atoms with Gasteiger partial charge in [0.2, 0.25) is 0 Å². The highest BCUT2D eigenvalue weighted by atomic mass is 15.2. The summed E-state index contributed by atoms with van der Waals surface area (Å²) >= 11 is 0. The monoisotopic (exact) mass is 366 g/mol. The second-order valence-corrected chi connectivity index (χ2v) is 7.33. The first-order chi connectivity index (χ1) is 13.6. The summed E-state index contributed by atoms with van der Waals surface area (Å²) in [5.41, 5.74) is 6.88. The second-order valence-electron chi connectivity index (χ2n) is 7.33. The van der Waals surface area contributed by atoms with Crippen molar-refractivity contribution < 1.29 is 2.74 Å². The minimum Gasteiger partial charge on any atom is -0.356 e. The third kappa shape index (κ3) is 3.58. The molecule has 144 valence electrons. The molecule has 4 nitrogen and oxygen atoms in total. The van der Waals surface area contributed by atoms with Crippen LogP contribution in [0.4, 0.5) is 5.82 Å². The van der Waals surface area contributed by atoms with Crippen LogP contribution in [0.3, 0.4) is 0 Å². The zero-order chi connectivity index (χ0) is 21.5. The van der Waals surface area contributed by atoms with Gasteiger partial charge in [-0.2, -0.15) is 0 Å². The summed E-state index contributed by atoms with van der Waals surface area (Å²) in [6.07, 6.45) is 1.22. The van der Waals surface area contributed by atoms with Gasteiger partial charge in [0.25, 0.3) is 0 Å². The summed E-state index contributed by atoms with van der Waals surface area (Å²) in [7, 11) is 0. The average molecular weight is 367 g/mol. The molecular weight excluding hydrogens is 332 g/mol. The maximum absolute atomic E-state index is 8.26. The van der Waals surface area contributed by atoms with Crippen molar-refractivity contribution in [2.75, 3.05) is 18.0 Å². The molecule has 0 aliphatic heterocycles. The van der Waals surface area contributed by atoms with Crippen molar-refractivity contribution in [2.45, 2.75) is 61.3 Å². The number of aryl methyl sites for hydroxylation is 5. The number of anilines is 1. The lowest BCUT2D eigenvalue weighted by Crippen LogP contribution is -2.25. The van der Waals surface area contributed by atoms with Gasteiger partial charge < -0.3 is 9.47 Å². The molecule has 0 saturated heterocycles. The van der Waals surface area contributed by atoms with Crippen LogP contribution in [0.5, 0.6) is 0 Å². The molecule has 1 aromatic carbocycles. The number of hydrogen-bond donors (Lipinski definition) is 0. The number of aromatic nitrogens is 3. The van der Waals surface area contributed by atoms with Crippen LogP contribution in [0, 0.1) is 34.6 Å². The van der Waals surface area contributed by atoms with Crippen molar-refractivity contribution in [1.29, 1.82) is 0 Å². The Bertz CT molecular complexity index is 1020. The molecule has 2 heterocycles. The Labute approximate surface area is 166 Å². The summed E-state index contributed by atoms with van der Waals surface area (Å²) < 4.78 is 18.3. The van der Waals surface area contributed by atoms with Crippen molar-refractivity contribution >= 4 is 16.9 Å². The van der Waals surface area contributed by atoms with Gasteiger partial charge in [-0.1, -0.05) is 31.0 Å². The standard InChI is InChI=1S/C23H32N4/c1-8-10-11-26(9-2)22-20-18(6)14-27(23(20)25-19(7)24-22)21-16(4)12-15(3)13-17(21)5/h12-14H,8-11H2,1-7H3/i8D,10D. The Balaban J connectivity index is 2.24. The Morgan fingerprint density at radius 2 is 1.67 bits per heavy atom. The lowest BCUT2D eigenvalue weighted by Gasteiger charge is -2.23. The van der Waals surface area contributed by atoms with Crippen LogP contribution in [-0.4, -0.2) is 27.6 Å². The van der Waals surface area contributed by atoms with Gasteiger partial charge in [0.15, 0.2) is 5.65 Å². The van der Waals surface area contributed by atoms with E-state index in [-0.39, 0.29) is 0 Å². The van der Waals surface area contributed by atoms with Gasteiger partial charge in [-0.05, 0) is 64.6 Å². The zero-order valence-electron chi connectivity index (χ0n) is 19.6. The maximum Gasteiger partial charge on any atom is 0.150 e. The molecule has 0 spiro atoms. The van der Waals surface area contributed by atoms with Crippen LogP contribution in [0.1, 0.15) is 57.5 Å². The van der Waals surface area contributed by atoms with Gasteiger partial charge in [-0.25, -0.2) is 9.97 Å². The van der Waals surface area contributed by atoms with Gasteiger partial charge in [0.05, 0.1) is 11.1 Å². The zero-order valence-corrected chi connectivity index (χ0v) is 17.6. The largest absolute Gasteiger partial charge is 0.356 e.